The highest BCUT2D eigenvalue weighted by atomic mass is 16.2. The number of anilines is 2. The van der Waals surface area contributed by atoms with Crippen LogP contribution >= 0.6 is 0 Å². The summed E-state index contributed by atoms with van der Waals surface area (Å²) >= 11 is 0. The maximum Gasteiger partial charge on any atom is 0.228 e. The maximum atomic E-state index is 13.2. The van der Waals surface area contributed by atoms with Crippen LogP contribution in [-0.4, -0.2) is 51.4 Å². The summed E-state index contributed by atoms with van der Waals surface area (Å²) in [5.74, 6) is -0.328. The number of rotatable bonds is 4. The third-order valence-electron chi connectivity index (χ3n) is 7.17. The van der Waals surface area contributed by atoms with Gasteiger partial charge in [0.2, 0.25) is 11.8 Å². The normalized spacial score (nSPS) is 18.9. The van der Waals surface area contributed by atoms with E-state index in [4.69, 9.17) is 0 Å². The van der Waals surface area contributed by atoms with Gasteiger partial charge in [-0.05, 0) is 42.9 Å². The molecular formula is C27H34N6O2. The zero-order valence-electron chi connectivity index (χ0n) is 21.2. The third-order valence-corrected chi connectivity index (χ3v) is 7.17. The van der Waals surface area contributed by atoms with Gasteiger partial charge in [-0.15, -0.1) is 0 Å². The molecule has 4 heterocycles. The molecule has 8 heteroatoms. The largest absolute Gasteiger partial charge is 0.355 e. The Morgan fingerprint density at radius 3 is 2.63 bits per heavy atom. The van der Waals surface area contributed by atoms with Gasteiger partial charge in [0.05, 0.1) is 35.2 Å². The number of carbonyl (C=O) groups is 2. The zero-order valence-corrected chi connectivity index (χ0v) is 21.2. The van der Waals surface area contributed by atoms with Crippen molar-refractivity contribution in [3.8, 4) is 0 Å². The number of aryl methyl sites for hydroxylation is 2. The van der Waals surface area contributed by atoms with E-state index in [1.165, 1.54) is 5.69 Å². The van der Waals surface area contributed by atoms with Crippen LogP contribution in [0.15, 0.2) is 36.5 Å². The SMILES string of the molecule is Cc1cc2ncc3c(n2n1)CCCN3c1ccc([C@H](N(C)C(=O)[C@@H]2CNC(=O)C2)C(C)(C)C)cc1. The van der Waals surface area contributed by atoms with Gasteiger partial charge in [0.1, 0.15) is 0 Å². The number of fused-ring (bicyclic) bond motifs is 3. The fourth-order valence-corrected chi connectivity index (χ4v) is 5.68. The first-order chi connectivity index (χ1) is 16.6. The predicted molar refractivity (Wildman–Crippen MR) is 136 cm³/mol. The monoisotopic (exact) mass is 474 g/mol. The molecule has 2 aliphatic heterocycles. The number of nitrogens with one attached hydrogen (secondary N) is 1. The van der Waals surface area contributed by atoms with E-state index in [-0.39, 0.29) is 35.6 Å². The Morgan fingerprint density at radius 2 is 1.97 bits per heavy atom. The fourth-order valence-electron chi connectivity index (χ4n) is 5.68. The molecule has 0 saturated carbocycles. The molecule has 1 N–H and O–H groups in total. The van der Waals surface area contributed by atoms with Gasteiger partial charge in [0, 0.05) is 38.3 Å². The van der Waals surface area contributed by atoms with Gasteiger partial charge in [0.25, 0.3) is 0 Å². The maximum absolute atomic E-state index is 13.2. The molecule has 2 aliphatic rings. The lowest BCUT2D eigenvalue weighted by atomic mass is 9.81. The van der Waals surface area contributed by atoms with E-state index in [1.54, 1.807) is 0 Å². The molecule has 1 saturated heterocycles. The molecule has 0 unspecified atom stereocenters. The Kier molecular flexibility index (Phi) is 5.77. The molecule has 0 radical (unpaired) electrons. The van der Waals surface area contributed by atoms with Crippen molar-refractivity contribution in [1.29, 1.82) is 0 Å². The molecule has 2 amide bonds. The average Bonchev–Trinajstić information content (AvgIpc) is 3.42. The summed E-state index contributed by atoms with van der Waals surface area (Å²) < 4.78 is 1.98. The van der Waals surface area contributed by atoms with Crippen molar-refractivity contribution in [1.82, 2.24) is 24.8 Å². The van der Waals surface area contributed by atoms with Crippen LogP contribution in [0.2, 0.25) is 0 Å². The lowest BCUT2D eigenvalue weighted by Crippen LogP contribution is -2.42. The van der Waals surface area contributed by atoms with Gasteiger partial charge >= 0.3 is 0 Å². The van der Waals surface area contributed by atoms with Crippen LogP contribution < -0.4 is 10.2 Å². The quantitative estimate of drug-likeness (QED) is 0.622. The predicted octanol–water partition coefficient (Wildman–Crippen LogP) is 3.80. The zero-order chi connectivity index (χ0) is 24.9. The van der Waals surface area contributed by atoms with Crippen molar-refractivity contribution in [2.45, 2.75) is 53.0 Å². The number of aromatic nitrogens is 3. The van der Waals surface area contributed by atoms with E-state index in [0.29, 0.717) is 6.54 Å². The van der Waals surface area contributed by atoms with Crippen molar-refractivity contribution in [3.63, 3.8) is 0 Å². The average molecular weight is 475 g/mol. The van der Waals surface area contributed by atoms with Crippen molar-refractivity contribution < 1.29 is 9.59 Å². The van der Waals surface area contributed by atoms with Crippen LogP contribution in [0.25, 0.3) is 5.65 Å². The number of nitrogens with zero attached hydrogens (tertiary/aromatic N) is 5. The molecule has 0 spiro atoms. The van der Waals surface area contributed by atoms with Gasteiger partial charge in [-0.25, -0.2) is 9.50 Å². The van der Waals surface area contributed by atoms with Gasteiger partial charge in [-0.2, -0.15) is 5.10 Å². The fraction of sp³-hybridized carbons (Fsp3) is 0.481. The standard InChI is InChI=1S/C27H34N6O2/c1-17-13-23-28-16-22-21(33(23)30-17)7-6-12-32(22)20-10-8-18(9-11-20)25(27(2,3)4)31(5)26(35)19-14-24(34)29-15-19/h8-11,13,16,19,25H,6-7,12,14-15H2,1-5H3,(H,29,34)/t19-,25-/m0/s1. The Bertz CT molecular complexity index is 1270. The molecule has 35 heavy (non-hydrogen) atoms. The van der Waals surface area contributed by atoms with Crippen LogP contribution in [0, 0.1) is 18.3 Å². The van der Waals surface area contributed by atoms with Gasteiger partial charge in [-0.3, -0.25) is 9.59 Å². The Hall–Kier alpha value is -3.42. The molecule has 5 rings (SSSR count). The van der Waals surface area contributed by atoms with Crippen LogP contribution in [0.3, 0.4) is 0 Å². The van der Waals surface area contributed by atoms with E-state index in [9.17, 15) is 9.59 Å². The first kappa shape index (κ1) is 23.3. The van der Waals surface area contributed by atoms with Crippen molar-refractivity contribution in [3.05, 3.63) is 53.5 Å². The van der Waals surface area contributed by atoms with Gasteiger partial charge < -0.3 is 15.1 Å². The molecule has 1 aromatic carbocycles. The Morgan fingerprint density at radius 1 is 1.23 bits per heavy atom. The molecule has 2 aromatic heterocycles. The minimum atomic E-state index is -0.295. The lowest BCUT2D eigenvalue weighted by Gasteiger charge is -2.39. The molecule has 184 valence electrons. The van der Waals surface area contributed by atoms with Crippen LogP contribution in [0.4, 0.5) is 11.4 Å². The molecule has 0 aliphatic carbocycles. The van der Waals surface area contributed by atoms with Crippen molar-refractivity contribution >= 4 is 28.8 Å². The van der Waals surface area contributed by atoms with Gasteiger partial charge in [0.15, 0.2) is 5.65 Å². The highest BCUT2D eigenvalue weighted by Gasteiger charge is 2.37. The molecule has 8 nitrogen and oxygen atoms in total. The highest BCUT2D eigenvalue weighted by Crippen LogP contribution is 2.40. The summed E-state index contributed by atoms with van der Waals surface area (Å²) in [7, 11) is 1.86. The van der Waals surface area contributed by atoms with Crippen LogP contribution in [0.5, 0.6) is 0 Å². The van der Waals surface area contributed by atoms with E-state index in [0.717, 1.165) is 47.7 Å². The molecule has 1 fully saturated rings. The Balaban J connectivity index is 1.44. The van der Waals surface area contributed by atoms with Crippen LogP contribution in [-0.2, 0) is 16.0 Å². The number of benzene rings is 1. The van der Waals surface area contributed by atoms with E-state index < -0.39 is 0 Å². The molecule has 0 bridgehead atoms. The molecule has 2 atom stereocenters. The van der Waals surface area contributed by atoms with E-state index >= 15 is 0 Å². The smallest absolute Gasteiger partial charge is 0.228 e. The lowest BCUT2D eigenvalue weighted by molar-refractivity contribution is -0.138. The van der Waals surface area contributed by atoms with Crippen LogP contribution in [0.1, 0.15) is 56.6 Å². The van der Waals surface area contributed by atoms with Gasteiger partial charge in [-0.1, -0.05) is 32.9 Å². The summed E-state index contributed by atoms with van der Waals surface area (Å²) in [6.07, 6.45) is 4.25. The summed E-state index contributed by atoms with van der Waals surface area (Å²) in [4.78, 5) is 33.7. The molecular weight excluding hydrogens is 440 g/mol. The van der Waals surface area contributed by atoms with E-state index in [1.807, 2.05) is 35.6 Å². The highest BCUT2D eigenvalue weighted by molar-refractivity contribution is 5.89. The number of carbonyl (C=O) groups excluding carboxylic acids is 2. The molecule has 3 aromatic rings. The summed E-state index contributed by atoms with van der Waals surface area (Å²) in [5, 5.41) is 7.44. The topological polar surface area (TPSA) is 82.8 Å². The first-order valence-corrected chi connectivity index (χ1v) is 12.4. The second kappa shape index (κ2) is 8.66. The second-order valence-electron chi connectivity index (χ2n) is 10.9. The van der Waals surface area contributed by atoms with Crippen molar-refractivity contribution in [2.75, 3.05) is 25.0 Å². The number of amides is 2. The Labute approximate surface area is 206 Å². The summed E-state index contributed by atoms with van der Waals surface area (Å²) in [6.45, 7) is 9.79. The first-order valence-electron chi connectivity index (χ1n) is 12.4. The third kappa shape index (κ3) is 4.26. The van der Waals surface area contributed by atoms with Crippen molar-refractivity contribution in [2.24, 2.45) is 11.3 Å². The minimum absolute atomic E-state index is 0.0157. The number of hydrogen-bond donors (Lipinski definition) is 1. The van der Waals surface area contributed by atoms with E-state index in [2.05, 4.69) is 65.3 Å². The number of hydrogen-bond acceptors (Lipinski definition) is 5. The summed E-state index contributed by atoms with van der Waals surface area (Å²) in [6, 6.07) is 10.4. The second-order valence-corrected chi connectivity index (χ2v) is 10.9. The summed E-state index contributed by atoms with van der Waals surface area (Å²) in [5.41, 5.74) is 6.16. The minimum Gasteiger partial charge on any atom is -0.355 e.